The summed E-state index contributed by atoms with van der Waals surface area (Å²) in [7, 11) is 3.44. The molecule has 1 aliphatic rings. The molecule has 0 spiro atoms. The van der Waals surface area contributed by atoms with Gasteiger partial charge in [-0.2, -0.15) is 14.7 Å². The van der Waals surface area contributed by atoms with Crippen LogP contribution in [0.2, 0.25) is 0 Å². The molecule has 10 nitrogen and oxygen atoms in total. The van der Waals surface area contributed by atoms with Gasteiger partial charge in [0.25, 0.3) is 0 Å². The predicted octanol–water partition coefficient (Wildman–Crippen LogP) is 2.45. The molecule has 160 valence electrons. The molecule has 1 fully saturated rings. The molecule has 1 saturated heterocycles. The van der Waals surface area contributed by atoms with Gasteiger partial charge in [0.05, 0.1) is 38.3 Å². The molecule has 1 amide bonds. The number of hydrogen-bond acceptors (Lipinski definition) is 7. The fraction of sp³-hybridized carbons (Fsp3) is 0.500. The smallest absolute Gasteiger partial charge is 0.410 e. The molecule has 1 unspecified atom stereocenters. The van der Waals surface area contributed by atoms with Gasteiger partial charge in [0.2, 0.25) is 5.88 Å². The minimum atomic E-state index is -0.554. The number of aryl methyl sites for hydroxylation is 1. The van der Waals surface area contributed by atoms with Crippen LogP contribution < -0.4 is 4.74 Å². The van der Waals surface area contributed by atoms with Gasteiger partial charge in [-0.25, -0.2) is 9.78 Å². The lowest BCUT2D eigenvalue weighted by molar-refractivity contribution is -0.0447. The van der Waals surface area contributed by atoms with E-state index in [2.05, 4.69) is 10.2 Å². The van der Waals surface area contributed by atoms with Crippen molar-refractivity contribution in [2.24, 2.45) is 7.05 Å². The van der Waals surface area contributed by atoms with Crippen LogP contribution in [-0.4, -0.2) is 67.8 Å². The van der Waals surface area contributed by atoms with Crippen LogP contribution in [0, 0.1) is 0 Å². The normalized spacial score (nSPS) is 17.4. The Labute approximate surface area is 174 Å². The van der Waals surface area contributed by atoms with E-state index in [1.54, 1.807) is 39.7 Å². The predicted molar refractivity (Wildman–Crippen MR) is 108 cm³/mol. The zero-order chi connectivity index (χ0) is 21.5. The quantitative estimate of drug-likeness (QED) is 0.649. The van der Waals surface area contributed by atoms with Gasteiger partial charge in [-0.05, 0) is 20.8 Å². The summed E-state index contributed by atoms with van der Waals surface area (Å²) in [5, 5.41) is 8.64. The number of hydrogen-bond donors (Lipinski definition) is 0. The van der Waals surface area contributed by atoms with Crippen molar-refractivity contribution in [3.05, 3.63) is 30.4 Å². The van der Waals surface area contributed by atoms with Gasteiger partial charge in [0, 0.05) is 37.0 Å². The largest absolute Gasteiger partial charge is 0.481 e. The molecule has 1 aliphatic heterocycles. The van der Waals surface area contributed by atoms with Gasteiger partial charge < -0.3 is 19.1 Å². The SMILES string of the molecule is COc1cc(C2CN(C(=O)OC(C)(C)C)CCO2)nc2c(-c3cnn(C)c3)cnn12. The lowest BCUT2D eigenvalue weighted by Crippen LogP contribution is -2.44. The van der Waals surface area contributed by atoms with Gasteiger partial charge in [0.15, 0.2) is 5.65 Å². The number of carbonyl (C=O) groups excluding carboxylic acids is 1. The van der Waals surface area contributed by atoms with Crippen LogP contribution in [0.3, 0.4) is 0 Å². The summed E-state index contributed by atoms with van der Waals surface area (Å²) in [4.78, 5) is 19.0. The molecule has 0 aliphatic carbocycles. The first kappa shape index (κ1) is 20.1. The number of fused-ring (bicyclic) bond motifs is 1. The highest BCUT2D eigenvalue weighted by Crippen LogP contribution is 2.30. The van der Waals surface area contributed by atoms with Crippen LogP contribution in [0.5, 0.6) is 5.88 Å². The molecule has 0 N–H and O–H groups in total. The summed E-state index contributed by atoms with van der Waals surface area (Å²) in [6.45, 7) is 6.76. The van der Waals surface area contributed by atoms with Crippen molar-refractivity contribution in [1.29, 1.82) is 0 Å². The first-order valence-electron chi connectivity index (χ1n) is 9.76. The number of rotatable bonds is 3. The van der Waals surface area contributed by atoms with Crippen molar-refractivity contribution in [2.75, 3.05) is 26.8 Å². The molecule has 4 rings (SSSR count). The minimum absolute atomic E-state index is 0.345. The molecule has 30 heavy (non-hydrogen) atoms. The van der Waals surface area contributed by atoms with Crippen molar-refractivity contribution in [1.82, 2.24) is 29.3 Å². The Bertz CT molecular complexity index is 1070. The first-order chi connectivity index (χ1) is 14.2. The highest BCUT2D eigenvalue weighted by Gasteiger charge is 2.30. The number of aromatic nitrogens is 5. The van der Waals surface area contributed by atoms with Gasteiger partial charge >= 0.3 is 6.09 Å². The second-order valence-electron chi connectivity index (χ2n) is 8.21. The summed E-state index contributed by atoms with van der Waals surface area (Å²) >= 11 is 0. The minimum Gasteiger partial charge on any atom is -0.481 e. The lowest BCUT2D eigenvalue weighted by atomic mass is 10.1. The van der Waals surface area contributed by atoms with Crippen molar-refractivity contribution in [3.63, 3.8) is 0 Å². The van der Waals surface area contributed by atoms with Crippen LogP contribution in [-0.2, 0) is 16.5 Å². The summed E-state index contributed by atoms with van der Waals surface area (Å²) in [6, 6.07) is 1.79. The van der Waals surface area contributed by atoms with E-state index in [0.29, 0.717) is 36.9 Å². The van der Waals surface area contributed by atoms with Crippen LogP contribution in [0.1, 0.15) is 32.6 Å². The standard InChI is InChI=1S/C20H26N6O4/c1-20(2,3)30-19(27)25-6-7-29-16(12-25)15-8-17(28-5)26-18(23-15)14(10-22-26)13-9-21-24(4)11-13/h8-11,16H,6-7,12H2,1-5H3. The molecule has 10 heteroatoms. The molecule has 0 saturated carbocycles. The fourth-order valence-electron chi connectivity index (χ4n) is 3.35. The van der Waals surface area contributed by atoms with Crippen molar-refractivity contribution >= 4 is 11.7 Å². The number of ether oxygens (including phenoxy) is 3. The highest BCUT2D eigenvalue weighted by molar-refractivity contribution is 5.76. The molecule has 0 bridgehead atoms. The Hall–Kier alpha value is -3.14. The maximum atomic E-state index is 12.5. The maximum Gasteiger partial charge on any atom is 0.410 e. The summed E-state index contributed by atoms with van der Waals surface area (Å²) in [5.74, 6) is 0.531. The molecule has 4 heterocycles. The Morgan fingerprint density at radius 1 is 1.27 bits per heavy atom. The van der Waals surface area contributed by atoms with E-state index in [4.69, 9.17) is 19.2 Å². The zero-order valence-electron chi connectivity index (χ0n) is 17.8. The summed E-state index contributed by atoms with van der Waals surface area (Å²) in [5.41, 5.74) is 2.48. The number of carbonyl (C=O) groups is 1. The summed E-state index contributed by atoms with van der Waals surface area (Å²) < 4.78 is 20.3. The average Bonchev–Trinajstić information content (AvgIpc) is 3.31. The third-order valence-corrected chi connectivity index (χ3v) is 4.73. The molecule has 0 radical (unpaired) electrons. The van der Waals surface area contributed by atoms with E-state index in [-0.39, 0.29) is 6.09 Å². The van der Waals surface area contributed by atoms with E-state index >= 15 is 0 Å². The number of amides is 1. The van der Waals surface area contributed by atoms with Crippen LogP contribution in [0.25, 0.3) is 16.8 Å². The molecular weight excluding hydrogens is 388 g/mol. The van der Waals surface area contributed by atoms with Crippen molar-refractivity contribution in [2.45, 2.75) is 32.5 Å². The van der Waals surface area contributed by atoms with E-state index < -0.39 is 11.7 Å². The number of nitrogens with zero attached hydrogens (tertiary/aromatic N) is 6. The van der Waals surface area contributed by atoms with Crippen molar-refractivity contribution in [3.8, 4) is 17.0 Å². The number of morpholine rings is 1. The van der Waals surface area contributed by atoms with Gasteiger partial charge in [0.1, 0.15) is 11.7 Å². The molecule has 3 aromatic rings. The van der Waals surface area contributed by atoms with Crippen LogP contribution in [0.15, 0.2) is 24.7 Å². The lowest BCUT2D eigenvalue weighted by Gasteiger charge is -2.34. The third kappa shape index (κ3) is 3.95. The monoisotopic (exact) mass is 414 g/mol. The fourth-order valence-corrected chi connectivity index (χ4v) is 3.35. The molecule has 3 aromatic heterocycles. The Morgan fingerprint density at radius 3 is 2.73 bits per heavy atom. The van der Waals surface area contributed by atoms with E-state index in [1.165, 1.54) is 0 Å². The van der Waals surface area contributed by atoms with Crippen LogP contribution >= 0.6 is 0 Å². The topological polar surface area (TPSA) is 96.0 Å². The van der Waals surface area contributed by atoms with Gasteiger partial charge in [-0.3, -0.25) is 4.68 Å². The Kier molecular flexibility index (Phi) is 5.10. The number of methoxy groups -OCH3 is 1. The van der Waals surface area contributed by atoms with Gasteiger partial charge in [-0.1, -0.05) is 0 Å². The van der Waals surface area contributed by atoms with Crippen molar-refractivity contribution < 1.29 is 19.0 Å². The van der Waals surface area contributed by atoms with E-state index in [1.807, 2.05) is 34.0 Å². The maximum absolute atomic E-state index is 12.5. The summed E-state index contributed by atoms with van der Waals surface area (Å²) in [6.07, 6.45) is 4.64. The van der Waals surface area contributed by atoms with Crippen LogP contribution in [0.4, 0.5) is 4.79 Å². The van der Waals surface area contributed by atoms with E-state index in [9.17, 15) is 4.79 Å². The first-order valence-corrected chi connectivity index (χ1v) is 9.76. The third-order valence-electron chi connectivity index (χ3n) is 4.73. The average molecular weight is 414 g/mol. The Morgan fingerprint density at radius 2 is 2.07 bits per heavy atom. The zero-order valence-corrected chi connectivity index (χ0v) is 17.8. The van der Waals surface area contributed by atoms with E-state index in [0.717, 1.165) is 11.1 Å². The molecule has 1 atom stereocenters. The molecular formula is C20H26N6O4. The second kappa shape index (κ2) is 7.60. The second-order valence-corrected chi connectivity index (χ2v) is 8.21. The Balaban J connectivity index is 1.67. The van der Waals surface area contributed by atoms with Gasteiger partial charge in [-0.15, -0.1) is 0 Å². The molecule has 0 aromatic carbocycles. The highest BCUT2D eigenvalue weighted by atomic mass is 16.6.